The van der Waals surface area contributed by atoms with Crippen LogP contribution in [0.3, 0.4) is 0 Å². The number of benzene rings is 4. The molecule has 4 heterocycles. The Morgan fingerprint density at radius 2 is 1.37 bits per heavy atom. The molecule has 4 aromatic carbocycles. The second kappa shape index (κ2) is 13.0. The van der Waals surface area contributed by atoms with Crippen LogP contribution in [0, 0.1) is 0 Å². The van der Waals surface area contributed by atoms with Gasteiger partial charge in [0.15, 0.2) is 17.8 Å². The SMILES string of the molecule is COc1c(C=O)ccc2c1nc1n2CCn2c(nc3c(OC)c(C(N)=O)ccc32)-c2ccc(cc2C(=O)O)CNC(=O)Cc2ccc(C(=O)O)c-1c2. The van der Waals surface area contributed by atoms with Crippen LogP contribution in [-0.4, -0.2) is 73.6 Å². The summed E-state index contributed by atoms with van der Waals surface area (Å²) in [6.45, 7) is 0.239. The quantitative estimate of drug-likeness (QED) is 0.182. The molecule has 2 aliphatic rings. The molecule has 15 heteroatoms. The predicted molar refractivity (Wildman–Crippen MR) is 187 cm³/mol. The van der Waals surface area contributed by atoms with Crippen molar-refractivity contribution in [3.05, 3.63) is 94.0 Å². The Kier molecular flexibility index (Phi) is 8.38. The van der Waals surface area contributed by atoms with Crippen molar-refractivity contribution in [3.8, 4) is 34.3 Å². The molecule has 15 nitrogen and oxygen atoms in total. The van der Waals surface area contributed by atoms with Gasteiger partial charge >= 0.3 is 11.9 Å². The number of aromatic nitrogens is 4. The highest BCUT2D eigenvalue weighted by molar-refractivity contribution is 6.03. The van der Waals surface area contributed by atoms with E-state index in [0.29, 0.717) is 34.0 Å². The maximum absolute atomic E-state index is 13.1. The third-order valence-corrected chi connectivity index (χ3v) is 9.09. The Bertz CT molecular complexity index is 2520. The van der Waals surface area contributed by atoms with Crippen LogP contribution in [0.25, 0.3) is 44.8 Å². The van der Waals surface area contributed by atoms with Gasteiger partial charge in [0, 0.05) is 30.8 Å². The first kappa shape index (κ1) is 33.5. The summed E-state index contributed by atoms with van der Waals surface area (Å²) in [5.74, 6) is -2.85. The molecule has 8 rings (SSSR count). The van der Waals surface area contributed by atoms with E-state index in [0.717, 1.165) is 0 Å². The minimum Gasteiger partial charge on any atom is -0.494 e. The lowest BCUT2D eigenvalue weighted by molar-refractivity contribution is -0.120. The fraction of sp³-hybridized carbons (Fsp3) is 0.162. The zero-order valence-electron chi connectivity index (χ0n) is 27.8. The number of amides is 2. The van der Waals surface area contributed by atoms with Gasteiger partial charge in [0.1, 0.15) is 22.7 Å². The van der Waals surface area contributed by atoms with Crippen LogP contribution in [0.1, 0.15) is 52.6 Å². The Hall–Kier alpha value is -7.03. The van der Waals surface area contributed by atoms with Crippen molar-refractivity contribution in [1.82, 2.24) is 24.4 Å². The topological polar surface area (TPSA) is 218 Å². The van der Waals surface area contributed by atoms with Crippen molar-refractivity contribution in [2.45, 2.75) is 26.1 Å². The number of carboxylic acid groups (broad SMARTS) is 2. The number of methoxy groups -OCH3 is 2. The first-order chi connectivity index (χ1) is 25.0. The van der Waals surface area contributed by atoms with Gasteiger partial charge in [0.05, 0.1) is 53.9 Å². The van der Waals surface area contributed by atoms with Crippen molar-refractivity contribution in [3.63, 3.8) is 0 Å². The highest BCUT2D eigenvalue weighted by atomic mass is 16.5. The van der Waals surface area contributed by atoms with Gasteiger partial charge in [0.2, 0.25) is 5.91 Å². The van der Waals surface area contributed by atoms with E-state index in [4.69, 9.17) is 25.2 Å². The number of imidazole rings is 2. The molecule has 2 amide bonds. The number of hydrogen-bond donors (Lipinski definition) is 4. The number of ether oxygens (including phenoxy) is 2. The van der Waals surface area contributed by atoms with Crippen LogP contribution in [0.15, 0.2) is 60.7 Å². The molecule has 0 fully saturated rings. The summed E-state index contributed by atoms with van der Waals surface area (Å²) in [5.41, 5.74) is 8.83. The standard InChI is InChI=1S/C37H30N6O9/c1-51-31-20(17-44)5-9-26-29(31)40-35-24-13-18(3-7-22(24)36(47)48)15-28(45)39-16-19-4-6-21(25(14-19)37(49)50)34-41-30-27(42(34)11-12-43(26)35)10-8-23(33(38)46)32(30)52-2/h3-10,13-14,17H,11-12,15-16H2,1-2H3,(H2,38,46)(H,39,45)(H,47,48)(H,49,50). The smallest absolute Gasteiger partial charge is 0.336 e. The maximum atomic E-state index is 13.1. The molecule has 0 spiro atoms. The largest absolute Gasteiger partial charge is 0.494 e. The van der Waals surface area contributed by atoms with Crippen LogP contribution >= 0.6 is 0 Å². The number of aldehydes is 1. The normalized spacial score (nSPS) is 12.8. The first-order valence-corrected chi connectivity index (χ1v) is 15.9. The molecule has 52 heavy (non-hydrogen) atoms. The van der Waals surface area contributed by atoms with E-state index in [9.17, 15) is 34.2 Å². The summed E-state index contributed by atoms with van der Waals surface area (Å²) in [6, 6.07) is 15.7. The fourth-order valence-electron chi connectivity index (χ4n) is 6.72. The number of nitrogens with two attached hydrogens (primary N) is 1. The molecule has 262 valence electrons. The van der Waals surface area contributed by atoms with Crippen LogP contribution in [0.4, 0.5) is 0 Å². The van der Waals surface area contributed by atoms with E-state index in [2.05, 4.69) is 5.32 Å². The highest BCUT2D eigenvalue weighted by Crippen LogP contribution is 2.37. The third kappa shape index (κ3) is 5.53. The van der Waals surface area contributed by atoms with E-state index >= 15 is 0 Å². The zero-order valence-corrected chi connectivity index (χ0v) is 27.8. The number of fused-ring (bicyclic) bond motifs is 8. The van der Waals surface area contributed by atoms with Gasteiger partial charge in [-0.3, -0.25) is 14.4 Å². The van der Waals surface area contributed by atoms with Gasteiger partial charge in [-0.1, -0.05) is 18.2 Å². The number of carboxylic acids is 2. The van der Waals surface area contributed by atoms with Crippen LogP contribution in [-0.2, 0) is 30.8 Å². The molecule has 4 bridgehead atoms. The molecule has 0 saturated carbocycles. The molecular weight excluding hydrogens is 672 g/mol. The second-order valence-corrected chi connectivity index (χ2v) is 12.0. The molecule has 0 saturated heterocycles. The number of nitrogens with one attached hydrogen (secondary N) is 1. The fourth-order valence-corrected chi connectivity index (χ4v) is 6.72. The average Bonchev–Trinajstić information content (AvgIpc) is 3.69. The Morgan fingerprint density at radius 3 is 1.98 bits per heavy atom. The molecule has 2 aliphatic heterocycles. The van der Waals surface area contributed by atoms with Gasteiger partial charge in [-0.05, 0) is 53.6 Å². The van der Waals surface area contributed by atoms with Gasteiger partial charge in [-0.2, -0.15) is 0 Å². The minimum atomic E-state index is -1.23. The molecule has 6 aromatic rings. The van der Waals surface area contributed by atoms with Crippen molar-refractivity contribution in [2.24, 2.45) is 5.73 Å². The Morgan fingerprint density at radius 1 is 0.769 bits per heavy atom. The van der Waals surface area contributed by atoms with E-state index in [1.165, 1.54) is 32.4 Å². The number of carbonyl (C=O) groups is 5. The number of rotatable bonds is 6. The van der Waals surface area contributed by atoms with E-state index in [1.807, 2.05) is 0 Å². The summed E-state index contributed by atoms with van der Waals surface area (Å²) in [6.07, 6.45) is 0.526. The molecule has 0 unspecified atom stereocenters. The molecule has 0 atom stereocenters. The van der Waals surface area contributed by atoms with E-state index in [-0.39, 0.29) is 94.0 Å². The lowest BCUT2D eigenvalue weighted by atomic mass is 10.0. The van der Waals surface area contributed by atoms with Crippen molar-refractivity contribution < 1.29 is 43.7 Å². The molecule has 0 radical (unpaired) electrons. The van der Waals surface area contributed by atoms with Gasteiger partial charge in [-0.15, -0.1) is 0 Å². The van der Waals surface area contributed by atoms with Gasteiger partial charge in [-0.25, -0.2) is 19.6 Å². The van der Waals surface area contributed by atoms with Gasteiger partial charge < -0.3 is 39.9 Å². The lowest BCUT2D eigenvalue weighted by Crippen LogP contribution is -2.24. The van der Waals surface area contributed by atoms with Crippen LogP contribution in [0.2, 0.25) is 0 Å². The summed E-state index contributed by atoms with van der Waals surface area (Å²) in [5, 5.41) is 23.5. The number of aryl methyl sites for hydroxylation is 2. The number of primary amides is 1. The van der Waals surface area contributed by atoms with Crippen molar-refractivity contribution in [1.29, 1.82) is 0 Å². The zero-order chi connectivity index (χ0) is 36.8. The summed E-state index contributed by atoms with van der Waals surface area (Å²) >= 11 is 0. The average molecular weight is 703 g/mol. The first-order valence-electron chi connectivity index (χ1n) is 15.9. The molecule has 0 aliphatic carbocycles. The van der Waals surface area contributed by atoms with E-state index < -0.39 is 17.8 Å². The molecule has 2 aromatic heterocycles. The summed E-state index contributed by atoms with van der Waals surface area (Å²) in [7, 11) is 2.77. The van der Waals surface area contributed by atoms with Crippen LogP contribution < -0.4 is 20.5 Å². The number of aromatic carboxylic acids is 2. The van der Waals surface area contributed by atoms with Crippen LogP contribution in [0.5, 0.6) is 11.5 Å². The number of nitrogens with zero attached hydrogens (tertiary/aromatic N) is 4. The Labute approximate surface area is 294 Å². The lowest BCUT2D eigenvalue weighted by Gasteiger charge is -2.16. The predicted octanol–water partition coefficient (Wildman–Crippen LogP) is 3.92. The second-order valence-electron chi connectivity index (χ2n) is 12.0. The summed E-state index contributed by atoms with van der Waals surface area (Å²) < 4.78 is 14.7. The van der Waals surface area contributed by atoms with E-state index in [1.54, 1.807) is 51.6 Å². The monoisotopic (exact) mass is 702 g/mol. The summed E-state index contributed by atoms with van der Waals surface area (Å²) in [4.78, 5) is 72.4. The molecule has 5 N–H and O–H groups in total. The molecular formula is C37H30N6O9. The van der Waals surface area contributed by atoms with Crippen molar-refractivity contribution in [2.75, 3.05) is 14.2 Å². The van der Waals surface area contributed by atoms with Gasteiger partial charge in [0.25, 0.3) is 5.91 Å². The third-order valence-electron chi connectivity index (χ3n) is 9.09. The maximum Gasteiger partial charge on any atom is 0.336 e. The Balaban J connectivity index is 1.55. The minimum absolute atomic E-state index is 0.0142. The number of carbonyl (C=O) groups excluding carboxylic acids is 3. The number of hydrogen-bond acceptors (Lipinski definition) is 9. The van der Waals surface area contributed by atoms with Crippen molar-refractivity contribution >= 4 is 52.1 Å². The highest BCUT2D eigenvalue weighted by Gasteiger charge is 2.27.